The largest absolute Gasteiger partial charge is 0.392 e. The molecule has 0 aliphatic rings. The maximum atomic E-state index is 10.3. The summed E-state index contributed by atoms with van der Waals surface area (Å²) >= 11 is 0. The Hall–Kier alpha value is -1.15. The van der Waals surface area contributed by atoms with E-state index in [0.717, 1.165) is 18.4 Å². The van der Waals surface area contributed by atoms with Gasteiger partial charge in [-0.25, -0.2) is 0 Å². The third-order valence-corrected chi connectivity index (χ3v) is 2.16. The Bertz CT molecular complexity index is 267. The number of ketones is 1. The van der Waals surface area contributed by atoms with Crippen LogP contribution in [0.4, 0.5) is 0 Å². The van der Waals surface area contributed by atoms with E-state index in [0.29, 0.717) is 5.78 Å². The van der Waals surface area contributed by atoms with Crippen molar-refractivity contribution in [1.82, 2.24) is 0 Å². The van der Waals surface area contributed by atoms with Gasteiger partial charge in [0.1, 0.15) is 5.78 Å². The van der Waals surface area contributed by atoms with Crippen molar-refractivity contribution in [2.45, 2.75) is 46.1 Å². The van der Waals surface area contributed by atoms with E-state index in [1.165, 1.54) is 12.8 Å². The van der Waals surface area contributed by atoms with Crippen molar-refractivity contribution in [3.63, 3.8) is 0 Å². The summed E-state index contributed by atoms with van der Waals surface area (Å²) in [6.45, 7) is 3.93. The van der Waals surface area contributed by atoms with Gasteiger partial charge in [0.15, 0.2) is 0 Å². The zero-order valence-corrected chi connectivity index (χ0v) is 10.3. The van der Waals surface area contributed by atoms with Crippen molar-refractivity contribution in [3.8, 4) is 0 Å². The summed E-state index contributed by atoms with van der Waals surface area (Å²) in [5.74, 6) is 0.318. The lowest BCUT2D eigenvalue weighted by molar-refractivity contribution is -0.117. The van der Waals surface area contributed by atoms with Crippen molar-refractivity contribution in [3.05, 3.63) is 35.9 Å². The van der Waals surface area contributed by atoms with E-state index in [-0.39, 0.29) is 6.61 Å². The second kappa shape index (κ2) is 10.4. The maximum Gasteiger partial charge on any atom is 0.129 e. The first-order chi connectivity index (χ1) is 7.70. The fraction of sp³-hybridized carbons (Fsp3) is 0.500. The summed E-state index contributed by atoms with van der Waals surface area (Å²) in [6, 6.07) is 9.52. The number of rotatable bonds is 5. The minimum atomic E-state index is 0.140. The molecular formula is C14H22O2. The molecule has 1 aromatic carbocycles. The average molecular weight is 222 g/mol. The fourth-order valence-corrected chi connectivity index (χ4v) is 1.21. The van der Waals surface area contributed by atoms with E-state index in [4.69, 9.17) is 5.11 Å². The van der Waals surface area contributed by atoms with E-state index in [2.05, 4.69) is 6.92 Å². The number of carbonyl (C=O) groups is 1. The molecular weight excluding hydrogens is 200 g/mol. The number of aliphatic hydroxyl groups is 1. The molecule has 1 rings (SSSR count). The fourth-order valence-electron chi connectivity index (χ4n) is 1.21. The van der Waals surface area contributed by atoms with Crippen molar-refractivity contribution in [2.75, 3.05) is 0 Å². The minimum absolute atomic E-state index is 0.140. The minimum Gasteiger partial charge on any atom is -0.392 e. The van der Waals surface area contributed by atoms with E-state index >= 15 is 0 Å². The predicted molar refractivity (Wildman–Crippen MR) is 67.2 cm³/mol. The smallest absolute Gasteiger partial charge is 0.129 e. The molecule has 90 valence electrons. The normalized spacial score (nSPS) is 9.19. The predicted octanol–water partition coefficient (Wildman–Crippen LogP) is 3.33. The number of hydrogen-bond donors (Lipinski definition) is 1. The number of carbonyl (C=O) groups excluding carboxylic acids is 1. The number of benzene rings is 1. The van der Waals surface area contributed by atoms with Crippen LogP contribution in [0.5, 0.6) is 0 Å². The van der Waals surface area contributed by atoms with Crippen LogP contribution < -0.4 is 0 Å². The summed E-state index contributed by atoms with van der Waals surface area (Å²) in [5.41, 5.74) is 0.965. The van der Waals surface area contributed by atoms with Gasteiger partial charge in [0.2, 0.25) is 0 Å². The summed E-state index contributed by atoms with van der Waals surface area (Å²) in [7, 11) is 0. The Morgan fingerprint density at radius 1 is 1.19 bits per heavy atom. The van der Waals surface area contributed by atoms with E-state index in [1.807, 2.05) is 30.3 Å². The first-order valence-corrected chi connectivity index (χ1v) is 5.85. The van der Waals surface area contributed by atoms with Crippen molar-refractivity contribution < 1.29 is 9.90 Å². The van der Waals surface area contributed by atoms with Gasteiger partial charge in [-0.3, -0.25) is 0 Å². The molecule has 2 nitrogen and oxygen atoms in total. The third kappa shape index (κ3) is 9.41. The molecule has 1 N–H and O–H groups in total. The molecule has 0 heterocycles. The van der Waals surface area contributed by atoms with Gasteiger partial charge in [-0.15, -0.1) is 0 Å². The quantitative estimate of drug-likeness (QED) is 0.776. The molecule has 0 fully saturated rings. The van der Waals surface area contributed by atoms with Crippen molar-refractivity contribution >= 4 is 5.78 Å². The summed E-state index contributed by atoms with van der Waals surface area (Å²) in [4.78, 5) is 10.3. The Morgan fingerprint density at radius 2 is 1.81 bits per heavy atom. The molecule has 0 saturated carbocycles. The van der Waals surface area contributed by atoms with Gasteiger partial charge < -0.3 is 9.90 Å². The van der Waals surface area contributed by atoms with Crippen molar-refractivity contribution in [2.24, 2.45) is 0 Å². The average Bonchev–Trinajstić information content (AvgIpc) is 2.31. The lowest BCUT2D eigenvalue weighted by Crippen LogP contribution is -1.87. The Kier molecular flexibility index (Phi) is 9.63. The second-order valence-corrected chi connectivity index (χ2v) is 3.80. The molecule has 2 heteroatoms. The number of hydrogen-bond acceptors (Lipinski definition) is 2. The topological polar surface area (TPSA) is 37.3 Å². The Morgan fingerprint density at radius 3 is 2.19 bits per heavy atom. The highest BCUT2D eigenvalue weighted by atomic mass is 16.3. The van der Waals surface area contributed by atoms with Gasteiger partial charge in [-0.2, -0.15) is 0 Å². The standard InChI is InChI=1S/C7H8O.C7H14O/c8-6-7-4-2-1-3-5-7;1-3-4-5-6-7(2)8/h1-5,8H,6H2;3-6H2,1-2H3. The monoisotopic (exact) mass is 222 g/mol. The third-order valence-electron chi connectivity index (χ3n) is 2.16. The molecule has 0 aromatic heterocycles. The lowest BCUT2D eigenvalue weighted by atomic mass is 10.2. The highest BCUT2D eigenvalue weighted by Crippen LogP contribution is 1.98. The SMILES string of the molecule is CCCCCC(C)=O.OCc1ccccc1. The summed E-state index contributed by atoms with van der Waals surface area (Å²) in [6.07, 6.45) is 4.24. The molecule has 0 bridgehead atoms. The van der Waals surface area contributed by atoms with Gasteiger partial charge in [0.05, 0.1) is 6.61 Å². The molecule has 0 aliphatic heterocycles. The lowest BCUT2D eigenvalue weighted by Gasteiger charge is -1.90. The van der Waals surface area contributed by atoms with Crippen LogP contribution in [0.15, 0.2) is 30.3 Å². The number of aliphatic hydroxyl groups excluding tert-OH is 1. The number of unbranched alkanes of at least 4 members (excludes halogenated alkanes) is 2. The maximum absolute atomic E-state index is 10.3. The van der Waals surface area contributed by atoms with Crippen LogP contribution in [0.2, 0.25) is 0 Å². The molecule has 0 amide bonds. The van der Waals surface area contributed by atoms with Crippen molar-refractivity contribution in [1.29, 1.82) is 0 Å². The number of Topliss-reactive ketones (excluding diaryl/α,β-unsaturated/α-hetero) is 1. The summed E-state index contributed by atoms with van der Waals surface area (Å²) in [5, 5.41) is 8.54. The highest BCUT2D eigenvalue weighted by Gasteiger charge is 1.89. The molecule has 0 saturated heterocycles. The van der Waals surface area contributed by atoms with Crippen LogP contribution >= 0.6 is 0 Å². The van der Waals surface area contributed by atoms with Gasteiger partial charge in [0.25, 0.3) is 0 Å². The molecule has 0 unspecified atom stereocenters. The van der Waals surface area contributed by atoms with Gasteiger partial charge in [-0.1, -0.05) is 50.1 Å². The molecule has 0 radical (unpaired) electrons. The molecule has 1 aromatic rings. The van der Waals surface area contributed by atoms with Gasteiger partial charge in [0, 0.05) is 6.42 Å². The van der Waals surface area contributed by atoms with Crippen LogP contribution in [0.25, 0.3) is 0 Å². The van der Waals surface area contributed by atoms with E-state index < -0.39 is 0 Å². The first kappa shape index (κ1) is 14.8. The zero-order valence-electron chi connectivity index (χ0n) is 10.3. The molecule has 16 heavy (non-hydrogen) atoms. The first-order valence-electron chi connectivity index (χ1n) is 5.85. The molecule has 0 spiro atoms. The molecule has 0 aliphatic carbocycles. The highest BCUT2D eigenvalue weighted by molar-refractivity contribution is 5.75. The van der Waals surface area contributed by atoms with Crippen LogP contribution in [0.3, 0.4) is 0 Å². The Labute approximate surface area is 98.3 Å². The zero-order chi connectivity index (χ0) is 12.2. The van der Waals surface area contributed by atoms with Crippen LogP contribution in [0, 0.1) is 0 Å². The van der Waals surface area contributed by atoms with E-state index in [1.54, 1.807) is 6.92 Å². The van der Waals surface area contributed by atoms with Crippen LogP contribution in [-0.4, -0.2) is 10.9 Å². The Balaban J connectivity index is 0.000000281. The molecule has 0 atom stereocenters. The second-order valence-electron chi connectivity index (χ2n) is 3.80. The van der Waals surface area contributed by atoms with Gasteiger partial charge >= 0.3 is 0 Å². The van der Waals surface area contributed by atoms with E-state index in [9.17, 15) is 4.79 Å². The van der Waals surface area contributed by atoms with Crippen LogP contribution in [-0.2, 0) is 11.4 Å². The summed E-state index contributed by atoms with van der Waals surface area (Å²) < 4.78 is 0. The van der Waals surface area contributed by atoms with Crippen LogP contribution in [0.1, 0.15) is 45.1 Å². The van der Waals surface area contributed by atoms with Gasteiger partial charge in [-0.05, 0) is 18.9 Å².